The maximum Gasteiger partial charge on any atom is 0.120 e. The van der Waals surface area contributed by atoms with E-state index in [2.05, 4.69) is 26.1 Å². The van der Waals surface area contributed by atoms with Crippen LogP contribution in [0.2, 0.25) is 0 Å². The van der Waals surface area contributed by atoms with E-state index in [-0.39, 0.29) is 6.04 Å². The Balaban J connectivity index is 2.47. The molecule has 84 valence electrons. The normalized spacial score (nSPS) is 13.1. The first-order chi connectivity index (χ1) is 7.11. The van der Waals surface area contributed by atoms with Crippen molar-refractivity contribution in [1.29, 1.82) is 0 Å². The molecule has 0 saturated carbocycles. The van der Waals surface area contributed by atoms with Gasteiger partial charge in [0.2, 0.25) is 0 Å². The lowest BCUT2D eigenvalue weighted by Crippen LogP contribution is -2.20. The Labute approximate surface area is 92.3 Å². The monoisotopic (exact) mass is 207 g/mol. The van der Waals surface area contributed by atoms with Gasteiger partial charge in [-0.3, -0.25) is 0 Å². The third kappa shape index (κ3) is 3.92. The van der Waals surface area contributed by atoms with E-state index in [1.807, 2.05) is 18.2 Å². The van der Waals surface area contributed by atoms with Crippen molar-refractivity contribution in [1.82, 2.24) is 5.32 Å². The first-order valence-corrected chi connectivity index (χ1v) is 5.62. The number of para-hydroxylation sites is 1. The van der Waals surface area contributed by atoms with Gasteiger partial charge in [0.25, 0.3) is 0 Å². The van der Waals surface area contributed by atoms with Crippen molar-refractivity contribution in [3.8, 4) is 5.75 Å². The van der Waals surface area contributed by atoms with E-state index in [0.717, 1.165) is 18.5 Å². The third-order valence-electron chi connectivity index (χ3n) is 2.58. The molecule has 0 fully saturated rings. The molecule has 0 bridgehead atoms. The van der Waals surface area contributed by atoms with Crippen LogP contribution in [0.3, 0.4) is 0 Å². The summed E-state index contributed by atoms with van der Waals surface area (Å²) in [5.41, 5.74) is 0.973. The number of hydrogen-bond donors (Lipinski definition) is 2. The Kier molecular flexibility index (Phi) is 4.63. The molecule has 0 aromatic heterocycles. The van der Waals surface area contributed by atoms with Crippen molar-refractivity contribution in [3.05, 3.63) is 29.8 Å². The van der Waals surface area contributed by atoms with Crippen LogP contribution in [0.5, 0.6) is 5.75 Å². The quantitative estimate of drug-likeness (QED) is 0.777. The van der Waals surface area contributed by atoms with Crippen LogP contribution in [0, 0.1) is 5.92 Å². The van der Waals surface area contributed by atoms with E-state index in [0.29, 0.717) is 11.7 Å². The summed E-state index contributed by atoms with van der Waals surface area (Å²) < 4.78 is 0. The molecular weight excluding hydrogens is 186 g/mol. The zero-order chi connectivity index (χ0) is 11.3. The molecule has 0 radical (unpaired) electrons. The summed E-state index contributed by atoms with van der Waals surface area (Å²) >= 11 is 0. The maximum absolute atomic E-state index is 9.65. The second-order valence-electron chi connectivity index (χ2n) is 4.42. The SMILES string of the molecule is CC(C)CCNC(C)c1ccccc1O. The molecule has 1 aromatic carbocycles. The number of aromatic hydroxyl groups is 1. The number of nitrogens with one attached hydrogen (secondary N) is 1. The van der Waals surface area contributed by atoms with Crippen molar-refractivity contribution < 1.29 is 5.11 Å². The fourth-order valence-corrected chi connectivity index (χ4v) is 1.55. The molecule has 2 nitrogen and oxygen atoms in total. The Morgan fingerprint density at radius 1 is 1.20 bits per heavy atom. The summed E-state index contributed by atoms with van der Waals surface area (Å²) in [6, 6.07) is 7.71. The molecule has 1 unspecified atom stereocenters. The predicted octanol–water partition coefficient (Wildman–Crippen LogP) is 3.09. The van der Waals surface area contributed by atoms with Gasteiger partial charge in [0.15, 0.2) is 0 Å². The predicted molar refractivity (Wildman–Crippen MR) is 64.0 cm³/mol. The van der Waals surface area contributed by atoms with Gasteiger partial charge in [-0.25, -0.2) is 0 Å². The van der Waals surface area contributed by atoms with E-state index < -0.39 is 0 Å². The minimum absolute atomic E-state index is 0.213. The fraction of sp³-hybridized carbons (Fsp3) is 0.538. The first-order valence-electron chi connectivity index (χ1n) is 5.62. The maximum atomic E-state index is 9.65. The van der Waals surface area contributed by atoms with Crippen LogP contribution in [-0.4, -0.2) is 11.7 Å². The van der Waals surface area contributed by atoms with Gasteiger partial charge in [-0.05, 0) is 31.9 Å². The molecule has 0 aliphatic rings. The molecule has 0 saturated heterocycles. The lowest BCUT2D eigenvalue weighted by Gasteiger charge is -2.16. The van der Waals surface area contributed by atoms with Gasteiger partial charge in [0, 0.05) is 11.6 Å². The number of hydrogen-bond acceptors (Lipinski definition) is 2. The summed E-state index contributed by atoms with van der Waals surface area (Å²) in [7, 11) is 0. The van der Waals surface area contributed by atoms with Gasteiger partial charge >= 0.3 is 0 Å². The third-order valence-corrected chi connectivity index (χ3v) is 2.58. The number of phenolic OH excluding ortho intramolecular Hbond substituents is 1. The Morgan fingerprint density at radius 2 is 1.87 bits per heavy atom. The van der Waals surface area contributed by atoms with Crippen LogP contribution in [0.25, 0.3) is 0 Å². The smallest absolute Gasteiger partial charge is 0.120 e. The van der Waals surface area contributed by atoms with Crippen LogP contribution in [0.4, 0.5) is 0 Å². The van der Waals surface area contributed by atoms with E-state index in [1.54, 1.807) is 6.07 Å². The molecule has 0 spiro atoms. The summed E-state index contributed by atoms with van der Waals surface area (Å²) in [4.78, 5) is 0. The summed E-state index contributed by atoms with van der Waals surface area (Å²) in [5.74, 6) is 1.09. The Bertz CT molecular complexity index is 296. The van der Waals surface area contributed by atoms with Crippen molar-refractivity contribution in [3.63, 3.8) is 0 Å². The minimum Gasteiger partial charge on any atom is -0.508 e. The molecule has 15 heavy (non-hydrogen) atoms. The number of rotatable bonds is 5. The van der Waals surface area contributed by atoms with Crippen LogP contribution in [0.15, 0.2) is 24.3 Å². The van der Waals surface area contributed by atoms with Crippen molar-refractivity contribution in [2.45, 2.75) is 33.2 Å². The highest BCUT2D eigenvalue weighted by Gasteiger charge is 2.08. The van der Waals surface area contributed by atoms with Crippen molar-refractivity contribution in [2.24, 2.45) is 5.92 Å². The second-order valence-corrected chi connectivity index (χ2v) is 4.42. The molecular formula is C13H21NO. The molecule has 0 heterocycles. The highest BCUT2D eigenvalue weighted by molar-refractivity contribution is 5.33. The first kappa shape index (κ1) is 12.1. The molecule has 1 rings (SSSR count). The molecule has 0 aliphatic carbocycles. The highest BCUT2D eigenvalue weighted by Crippen LogP contribution is 2.22. The lowest BCUT2D eigenvalue weighted by atomic mass is 10.1. The Morgan fingerprint density at radius 3 is 2.47 bits per heavy atom. The molecule has 2 heteroatoms. The van der Waals surface area contributed by atoms with E-state index >= 15 is 0 Å². The zero-order valence-corrected chi connectivity index (χ0v) is 9.83. The topological polar surface area (TPSA) is 32.3 Å². The van der Waals surface area contributed by atoms with Gasteiger partial charge in [0.1, 0.15) is 5.75 Å². The van der Waals surface area contributed by atoms with Crippen LogP contribution < -0.4 is 5.32 Å². The van der Waals surface area contributed by atoms with Crippen LogP contribution in [-0.2, 0) is 0 Å². The van der Waals surface area contributed by atoms with E-state index in [4.69, 9.17) is 0 Å². The molecule has 2 N–H and O–H groups in total. The molecule has 0 amide bonds. The Hall–Kier alpha value is -1.02. The minimum atomic E-state index is 0.213. The molecule has 1 aromatic rings. The van der Waals surface area contributed by atoms with Gasteiger partial charge in [-0.15, -0.1) is 0 Å². The second kappa shape index (κ2) is 5.76. The van der Waals surface area contributed by atoms with Crippen molar-refractivity contribution in [2.75, 3.05) is 6.54 Å². The van der Waals surface area contributed by atoms with Crippen LogP contribution >= 0.6 is 0 Å². The largest absolute Gasteiger partial charge is 0.508 e. The highest BCUT2D eigenvalue weighted by atomic mass is 16.3. The van der Waals surface area contributed by atoms with Gasteiger partial charge in [0.05, 0.1) is 0 Å². The summed E-state index contributed by atoms with van der Waals surface area (Å²) in [6.07, 6.45) is 1.16. The number of phenols is 1. The average molecular weight is 207 g/mol. The number of benzene rings is 1. The van der Waals surface area contributed by atoms with Gasteiger partial charge in [-0.2, -0.15) is 0 Å². The van der Waals surface area contributed by atoms with Gasteiger partial charge in [-0.1, -0.05) is 32.0 Å². The summed E-state index contributed by atoms with van der Waals surface area (Å²) in [6.45, 7) is 7.50. The van der Waals surface area contributed by atoms with E-state index in [1.165, 1.54) is 0 Å². The van der Waals surface area contributed by atoms with E-state index in [9.17, 15) is 5.11 Å². The molecule has 0 aliphatic heterocycles. The van der Waals surface area contributed by atoms with Gasteiger partial charge < -0.3 is 10.4 Å². The van der Waals surface area contributed by atoms with Crippen molar-refractivity contribution >= 4 is 0 Å². The fourth-order valence-electron chi connectivity index (χ4n) is 1.55. The summed E-state index contributed by atoms with van der Waals surface area (Å²) in [5, 5.41) is 13.1. The zero-order valence-electron chi connectivity index (χ0n) is 9.83. The lowest BCUT2D eigenvalue weighted by molar-refractivity contribution is 0.445. The standard InChI is InChI=1S/C13H21NO/c1-10(2)8-9-14-11(3)12-6-4-5-7-13(12)15/h4-7,10-11,14-15H,8-9H2,1-3H3. The average Bonchev–Trinajstić information content (AvgIpc) is 2.17. The van der Waals surface area contributed by atoms with Crippen LogP contribution in [0.1, 0.15) is 38.8 Å². The molecule has 1 atom stereocenters.